The summed E-state index contributed by atoms with van der Waals surface area (Å²) in [6, 6.07) is 19.0. The van der Waals surface area contributed by atoms with Gasteiger partial charge in [-0.05, 0) is 62.5 Å². The molecule has 1 fully saturated rings. The third-order valence-electron chi connectivity index (χ3n) is 5.55. The Labute approximate surface area is 194 Å². The average Bonchev–Trinajstić information content (AvgIpc) is 2.82. The Balaban J connectivity index is 0.000000299. The van der Waals surface area contributed by atoms with Gasteiger partial charge >= 0.3 is 5.97 Å². The van der Waals surface area contributed by atoms with Gasteiger partial charge in [-0.1, -0.05) is 86.7 Å². The number of nitrogens with zero attached hydrogens (tertiary/aromatic N) is 1. The van der Waals surface area contributed by atoms with Crippen molar-refractivity contribution in [3.8, 4) is 0 Å². The van der Waals surface area contributed by atoms with Crippen molar-refractivity contribution in [2.24, 2.45) is 5.92 Å². The molecule has 1 aliphatic heterocycles. The number of rotatable bonds is 7. The summed E-state index contributed by atoms with van der Waals surface area (Å²) in [7, 11) is 1.63. The number of piperidine rings is 1. The Morgan fingerprint density at radius 3 is 2.06 bits per heavy atom. The molecular formula is C28H40N2O2. The predicted octanol–water partition coefficient (Wildman–Crippen LogP) is 6.05. The van der Waals surface area contributed by atoms with Crippen molar-refractivity contribution in [2.45, 2.75) is 39.2 Å². The average molecular weight is 437 g/mol. The molecule has 0 aromatic heterocycles. The van der Waals surface area contributed by atoms with E-state index in [1.54, 1.807) is 25.3 Å². The number of likely N-dealkylation sites (tertiary alicyclic amines) is 1. The van der Waals surface area contributed by atoms with Gasteiger partial charge in [-0.15, -0.1) is 6.58 Å². The topological polar surface area (TPSA) is 52.6 Å². The van der Waals surface area contributed by atoms with Gasteiger partial charge < -0.3 is 10.4 Å². The lowest BCUT2D eigenvalue weighted by atomic mass is 9.94. The van der Waals surface area contributed by atoms with Crippen LogP contribution in [0.1, 0.15) is 50.3 Å². The van der Waals surface area contributed by atoms with Crippen molar-refractivity contribution in [3.05, 3.63) is 91.0 Å². The Morgan fingerprint density at radius 2 is 1.62 bits per heavy atom. The van der Waals surface area contributed by atoms with Crippen LogP contribution in [0.15, 0.2) is 79.9 Å². The molecule has 1 atom stereocenters. The maximum Gasteiger partial charge on any atom is 0.325 e. The summed E-state index contributed by atoms with van der Waals surface area (Å²) in [6.07, 6.45) is 5.81. The summed E-state index contributed by atoms with van der Waals surface area (Å²) in [5.41, 5.74) is 3.30. The molecular weight excluding hydrogens is 396 g/mol. The summed E-state index contributed by atoms with van der Waals surface area (Å²) in [4.78, 5) is 13.2. The summed E-state index contributed by atoms with van der Waals surface area (Å²) in [5.74, 6) is 0.0972. The van der Waals surface area contributed by atoms with Crippen LogP contribution in [-0.4, -0.2) is 42.7 Å². The van der Waals surface area contributed by atoms with Crippen molar-refractivity contribution < 1.29 is 9.90 Å². The fraction of sp³-hybridized carbons (Fsp3) is 0.393. The number of aliphatic carboxylic acids is 1. The predicted molar refractivity (Wildman–Crippen MR) is 137 cm³/mol. The molecule has 2 N–H and O–H groups in total. The van der Waals surface area contributed by atoms with Gasteiger partial charge in [-0.3, -0.25) is 9.69 Å². The van der Waals surface area contributed by atoms with E-state index in [1.165, 1.54) is 43.5 Å². The molecule has 0 spiro atoms. The molecule has 1 aliphatic rings. The molecule has 0 bridgehead atoms. The van der Waals surface area contributed by atoms with E-state index in [0.717, 1.165) is 18.0 Å². The van der Waals surface area contributed by atoms with Gasteiger partial charge in [-0.2, -0.15) is 0 Å². The Kier molecular flexibility index (Phi) is 13.7. The van der Waals surface area contributed by atoms with Gasteiger partial charge in [0.15, 0.2) is 0 Å². The Bertz CT molecular complexity index is 782. The number of allylic oxidation sites excluding steroid dienone is 1. The van der Waals surface area contributed by atoms with E-state index >= 15 is 0 Å². The van der Waals surface area contributed by atoms with E-state index in [9.17, 15) is 4.79 Å². The third kappa shape index (κ3) is 10.1. The Morgan fingerprint density at radius 1 is 1.12 bits per heavy atom. The first-order valence-corrected chi connectivity index (χ1v) is 11.4. The van der Waals surface area contributed by atoms with Gasteiger partial charge in [0.25, 0.3) is 0 Å². The van der Waals surface area contributed by atoms with E-state index in [2.05, 4.69) is 60.6 Å². The second kappa shape index (κ2) is 16.0. The lowest BCUT2D eigenvalue weighted by molar-refractivity contribution is -0.139. The van der Waals surface area contributed by atoms with Gasteiger partial charge in [0.1, 0.15) is 6.04 Å². The summed E-state index contributed by atoms with van der Waals surface area (Å²) in [6.45, 7) is 15.3. The van der Waals surface area contributed by atoms with E-state index in [0.29, 0.717) is 0 Å². The monoisotopic (exact) mass is 436 g/mol. The minimum Gasteiger partial charge on any atom is -0.480 e. The molecule has 0 radical (unpaired) electrons. The van der Waals surface area contributed by atoms with Crippen LogP contribution in [0.5, 0.6) is 0 Å². The quantitative estimate of drug-likeness (QED) is 0.519. The maximum atomic E-state index is 10.7. The first-order chi connectivity index (χ1) is 15.5. The lowest BCUT2D eigenvalue weighted by Gasteiger charge is -2.31. The Hall–Kier alpha value is -2.69. The van der Waals surface area contributed by atoms with Crippen molar-refractivity contribution in [3.63, 3.8) is 0 Å². The number of carbonyl (C=O) groups is 1. The van der Waals surface area contributed by atoms with Crippen molar-refractivity contribution in [1.29, 1.82) is 0 Å². The third-order valence-corrected chi connectivity index (χ3v) is 5.55. The van der Waals surface area contributed by atoms with Crippen LogP contribution in [0.25, 0.3) is 5.57 Å². The molecule has 32 heavy (non-hydrogen) atoms. The zero-order valence-corrected chi connectivity index (χ0v) is 20.0. The zero-order valence-electron chi connectivity index (χ0n) is 20.0. The zero-order chi connectivity index (χ0) is 23.8. The van der Waals surface area contributed by atoms with E-state index < -0.39 is 12.0 Å². The first kappa shape index (κ1) is 27.3. The molecule has 4 heteroatoms. The second-order valence-corrected chi connectivity index (χ2v) is 7.98. The number of nitrogens with one attached hydrogen (secondary N) is 1. The molecule has 4 nitrogen and oxygen atoms in total. The highest BCUT2D eigenvalue weighted by molar-refractivity contribution is 5.75. The van der Waals surface area contributed by atoms with E-state index in [-0.39, 0.29) is 0 Å². The number of hydrogen-bond acceptors (Lipinski definition) is 3. The van der Waals surface area contributed by atoms with Crippen LogP contribution in [0.3, 0.4) is 0 Å². The molecule has 3 rings (SSSR count). The normalized spacial score (nSPS) is 14.7. The maximum absolute atomic E-state index is 10.7. The van der Waals surface area contributed by atoms with Gasteiger partial charge in [0.2, 0.25) is 0 Å². The second-order valence-electron chi connectivity index (χ2n) is 7.98. The number of benzene rings is 2. The molecule has 174 valence electrons. The van der Waals surface area contributed by atoms with Gasteiger partial charge in [0, 0.05) is 6.54 Å². The van der Waals surface area contributed by atoms with Crippen LogP contribution < -0.4 is 5.32 Å². The molecule has 2 aromatic carbocycles. The summed E-state index contributed by atoms with van der Waals surface area (Å²) >= 11 is 0. The lowest BCUT2D eigenvalue weighted by Crippen LogP contribution is -2.34. The van der Waals surface area contributed by atoms with Crippen LogP contribution in [0.2, 0.25) is 0 Å². The highest BCUT2D eigenvalue weighted by atomic mass is 16.4. The molecule has 0 saturated carbocycles. The molecule has 0 aliphatic carbocycles. The minimum atomic E-state index is -0.858. The number of hydrogen-bond donors (Lipinski definition) is 2. The standard InChI is InChI=1S/C16H23N.C9H11NO2.C3H6/c1-3-15-9-11-17(12-10-15)13-14(2)16-7-5-4-6-8-16;1-10-8(9(11)12)7-5-3-2-4-6-7;1-3-2/h4-8,15H,2-3,9-13H2,1H3;2-6,8,10H,1H3,(H,11,12);3H,1H2,2H3. The minimum absolute atomic E-state index is 0.605. The SMILES string of the molecule is C=C(CN1CCC(CC)CC1)c1ccccc1.C=CC.CNC(C(=O)O)c1ccccc1. The van der Waals surface area contributed by atoms with E-state index in [1.807, 2.05) is 25.1 Å². The van der Waals surface area contributed by atoms with Crippen molar-refractivity contribution in [1.82, 2.24) is 10.2 Å². The summed E-state index contributed by atoms with van der Waals surface area (Å²) in [5, 5.41) is 11.5. The van der Waals surface area contributed by atoms with Gasteiger partial charge in [-0.25, -0.2) is 0 Å². The molecule has 1 saturated heterocycles. The highest BCUT2D eigenvalue weighted by Crippen LogP contribution is 2.22. The number of carboxylic acids is 1. The van der Waals surface area contributed by atoms with Crippen LogP contribution >= 0.6 is 0 Å². The largest absolute Gasteiger partial charge is 0.480 e. The van der Waals surface area contributed by atoms with Crippen LogP contribution in [0, 0.1) is 5.92 Å². The number of likely N-dealkylation sites (N-methyl/N-ethyl adjacent to an activating group) is 1. The molecule has 1 heterocycles. The van der Waals surface area contributed by atoms with Gasteiger partial charge in [0.05, 0.1) is 0 Å². The molecule has 0 amide bonds. The fourth-order valence-corrected chi connectivity index (χ4v) is 3.67. The van der Waals surface area contributed by atoms with Crippen molar-refractivity contribution in [2.75, 3.05) is 26.7 Å². The smallest absolute Gasteiger partial charge is 0.325 e. The van der Waals surface area contributed by atoms with Crippen LogP contribution in [-0.2, 0) is 4.79 Å². The first-order valence-electron chi connectivity index (χ1n) is 11.4. The highest BCUT2D eigenvalue weighted by Gasteiger charge is 2.18. The van der Waals surface area contributed by atoms with E-state index in [4.69, 9.17) is 5.11 Å². The summed E-state index contributed by atoms with van der Waals surface area (Å²) < 4.78 is 0. The fourth-order valence-electron chi connectivity index (χ4n) is 3.67. The number of carboxylic acid groups (broad SMARTS) is 1. The van der Waals surface area contributed by atoms with Crippen molar-refractivity contribution >= 4 is 11.5 Å². The molecule has 2 aromatic rings. The van der Waals surface area contributed by atoms with Crippen LogP contribution in [0.4, 0.5) is 0 Å². The molecule has 1 unspecified atom stereocenters.